The molecule has 27 heavy (non-hydrogen) atoms. The van der Waals surface area contributed by atoms with Gasteiger partial charge >= 0.3 is 6.03 Å². The third-order valence-corrected chi connectivity index (χ3v) is 5.56. The second kappa shape index (κ2) is 10.0. The average Bonchev–Trinajstić information content (AvgIpc) is 3.22. The highest BCUT2D eigenvalue weighted by molar-refractivity contribution is 5.74. The number of nitrogens with zero attached hydrogens (tertiary/aromatic N) is 3. The molecule has 1 atom stereocenters. The van der Waals surface area contributed by atoms with Crippen molar-refractivity contribution in [3.63, 3.8) is 0 Å². The third kappa shape index (κ3) is 5.40. The maximum atomic E-state index is 14.4. The van der Waals surface area contributed by atoms with E-state index in [4.69, 9.17) is 4.74 Å². The van der Waals surface area contributed by atoms with Gasteiger partial charge in [-0.1, -0.05) is 18.2 Å². The molecule has 0 unspecified atom stereocenters. The molecule has 2 heterocycles. The van der Waals surface area contributed by atoms with Crippen LogP contribution in [0.5, 0.6) is 0 Å². The van der Waals surface area contributed by atoms with Gasteiger partial charge in [-0.2, -0.15) is 0 Å². The largest absolute Gasteiger partial charge is 0.383 e. The fourth-order valence-corrected chi connectivity index (χ4v) is 3.93. The Balaban J connectivity index is 1.54. The van der Waals surface area contributed by atoms with Crippen LogP contribution in [0.3, 0.4) is 0 Å². The number of methoxy groups -OCH3 is 1. The Morgan fingerprint density at radius 2 is 1.85 bits per heavy atom. The van der Waals surface area contributed by atoms with Gasteiger partial charge in [0, 0.05) is 51.9 Å². The Labute approximate surface area is 161 Å². The van der Waals surface area contributed by atoms with Crippen LogP contribution >= 0.6 is 0 Å². The fraction of sp³-hybridized carbons (Fsp3) is 0.650. The van der Waals surface area contributed by atoms with Crippen LogP contribution in [-0.4, -0.2) is 86.8 Å². The Bertz CT molecular complexity index is 601. The first-order valence-electron chi connectivity index (χ1n) is 9.91. The maximum Gasteiger partial charge on any atom is 0.317 e. The molecular formula is C20H31FN4O2. The lowest BCUT2D eigenvalue weighted by Crippen LogP contribution is -2.53. The molecule has 7 heteroatoms. The number of ether oxygens (including phenoxy) is 1. The van der Waals surface area contributed by atoms with Gasteiger partial charge < -0.3 is 15.0 Å². The molecule has 2 fully saturated rings. The van der Waals surface area contributed by atoms with Gasteiger partial charge in [0.15, 0.2) is 0 Å². The predicted octanol–water partition coefficient (Wildman–Crippen LogP) is 1.94. The average molecular weight is 378 g/mol. The van der Waals surface area contributed by atoms with Crippen LogP contribution in [0, 0.1) is 5.82 Å². The molecule has 2 aliphatic heterocycles. The SMILES string of the molecule is COCCN1CCN(C(=O)NC[C@@H](c2ccccc2F)N2CCCC2)CC1. The molecule has 2 aliphatic rings. The lowest BCUT2D eigenvalue weighted by Gasteiger charge is -2.35. The molecule has 0 saturated carbocycles. The van der Waals surface area contributed by atoms with Crippen molar-refractivity contribution in [3.8, 4) is 0 Å². The minimum absolute atomic E-state index is 0.0538. The topological polar surface area (TPSA) is 48.1 Å². The second-order valence-electron chi connectivity index (χ2n) is 7.29. The Kier molecular flexibility index (Phi) is 7.43. The smallest absolute Gasteiger partial charge is 0.317 e. The molecule has 1 aromatic carbocycles. The van der Waals surface area contributed by atoms with Crippen molar-refractivity contribution in [2.75, 3.05) is 66.1 Å². The molecule has 150 valence electrons. The molecule has 2 amide bonds. The van der Waals surface area contributed by atoms with E-state index in [-0.39, 0.29) is 17.9 Å². The maximum absolute atomic E-state index is 14.4. The molecule has 0 aromatic heterocycles. The molecule has 6 nitrogen and oxygen atoms in total. The minimum Gasteiger partial charge on any atom is -0.383 e. The monoisotopic (exact) mass is 378 g/mol. The first-order valence-corrected chi connectivity index (χ1v) is 9.91. The number of hydrogen-bond acceptors (Lipinski definition) is 4. The number of urea groups is 1. The van der Waals surface area contributed by atoms with E-state index in [1.54, 1.807) is 13.2 Å². The predicted molar refractivity (Wildman–Crippen MR) is 103 cm³/mol. The molecule has 0 bridgehead atoms. The molecule has 0 spiro atoms. The summed E-state index contributed by atoms with van der Waals surface area (Å²) in [6, 6.07) is 6.74. The van der Waals surface area contributed by atoms with Crippen molar-refractivity contribution in [2.45, 2.75) is 18.9 Å². The van der Waals surface area contributed by atoms with Crippen LogP contribution in [0.2, 0.25) is 0 Å². The molecule has 2 saturated heterocycles. The Morgan fingerprint density at radius 1 is 1.15 bits per heavy atom. The minimum atomic E-state index is -0.199. The number of halogens is 1. The summed E-state index contributed by atoms with van der Waals surface area (Å²) in [5.74, 6) is -0.199. The van der Waals surface area contributed by atoms with E-state index in [1.807, 2.05) is 17.0 Å². The van der Waals surface area contributed by atoms with Gasteiger partial charge in [0.2, 0.25) is 0 Å². The van der Waals surface area contributed by atoms with E-state index in [2.05, 4.69) is 15.1 Å². The van der Waals surface area contributed by atoms with E-state index < -0.39 is 0 Å². The van der Waals surface area contributed by atoms with Crippen molar-refractivity contribution in [3.05, 3.63) is 35.6 Å². The molecule has 0 radical (unpaired) electrons. The van der Waals surface area contributed by atoms with Crippen molar-refractivity contribution in [2.24, 2.45) is 0 Å². The highest BCUT2D eigenvalue weighted by Gasteiger charge is 2.27. The standard InChI is InChI=1S/C20H31FN4O2/c1-27-15-14-23-10-12-25(13-11-23)20(26)22-16-19(24-8-4-5-9-24)17-6-2-3-7-18(17)21/h2-3,6-7,19H,4-5,8-16H2,1H3,(H,22,26)/t19-/m0/s1. The van der Waals surface area contributed by atoms with Gasteiger partial charge in [0.05, 0.1) is 12.6 Å². The zero-order valence-corrected chi connectivity index (χ0v) is 16.2. The van der Waals surface area contributed by atoms with Crippen LogP contribution in [0.1, 0.15) is 24.4 Å². The molecular weight excluding hydrogens is 347 g/mol. The zero-order chi connectivity index (χ0) is 19.1. The van der Waals surface area contributed by atoms with Crippen LogP contribution in [0.25, 0.3) is 0 Å². The van der Waals surface area contributed by atoms with Crippen LogP contribution in [0.4, 0.5) is 9.18 Å². The fourth-order valence-electron chi connectivity index (χ4n) is 3.93. The van der Waals surface area contributed by atoms with E-state index in [9.17, 15) is 9.18 Å². The van der Waals surface area contributed by atoms with Crippen LogP contribution in [-0.2, 0) is 4.74 Å². The number of hydrogen-bond donors (Lipinski definition) is 1. The molecule has 1 aromatic rings. The Morgan fingerprint density at radius 3 is 2.52 bits per heavy atom. The summed E-state index contributed by atoms with van der Waals surface area (Å²) in [6.07, 6.45) is 2.25. The van der Waals surface area contributed by atoms with Gasteiger partial charge in [0.1, 0.15) is 5.82 Å². The van der Waals surface area contributed by atoms with Gasteiger partial charge in [-0.05, 0) is 32.0 Å². The van der Waals surface area contributed by atoms with Gasteiger partial charge in [0.25, 0.3) is 0 Å². The Hall–Kier alpha value is -1.70. The lowest BCUT2D eigenvalue weighted by atomic mass is 10.0. The number of nitrogens with one attached hydrogen (secondary N) is 1. The first kappa shape index (κ1) is 20.0. The summed E-state index contributed by atoms with van der Waals surface area (Å²) in [4.78, 5) is 19.1. The summed E-state index contributed by atoms with van der Waals surface area (Å²) in [5, 5.41) is 3.05. The third-order valence-electron chi connectivity index (χ3n) is 5.56. The molecule has 1 N–H and O–H groups in total. The van der Waals surface area contributed by atoms with Crippen LogP contribution < -0.4 is 5.32 Å². The van der Waals surface area contributed by atoms with E-state index in [0.29, 0.717) is 31.8 Å². The van der Waals surface area contributed by atoms with Crippen molar-refractivity contribution in [1.29, 1.82) is 0 Å². The highest BCUT2D eigenvalue weighted by Crippen LogP contribution is 2.26. The van der Waals surface area contributed by atoms with Gasteiger partial charge in [-0.3, -0.25) is 9.80 Å². The van der Waals surface area contributed by atoms with Gasteiger partial charge in [-0.25, -0.2) is 9.18 Å². The van der Waals surface area contributed by atoms with Crippen molar-refractivity contribution in [1.82, 2.24) is 20.0 Å². The molecule has 0 aliphatic carbocycles. The number of carbonyl (C=O) groups excluding carboxylic acids is 1. The van der Waals surface area contributed by atoms with E-state index in [1.165, 1.54) is 6.07 Å². The number of amides is 2. The summed E-state index contributed by atoms with van der Waals surface area (Å²) >= 11 is 0. The number of carbonyl (C=O) groups is 1. The number of piperazine rings is 1. The number of benzene rings is 1. The highest BCUT2D eigenvalue weighted by atomic mass is 19.1. The lowest BCUT2D eigenvalue weighted by molar-refractivity contribution is 0.105. The first-order chi connectivity index (χ1) is 13.2. The summed E-state index contributed by atoms with van der Waals surface area (Å²) < 4.78 is 19.5. The number of rotatable bonds is 7. The second-order valence-corrected chi connectivity index (χ2v) is 7.29. The summed E-state index contributed by atoms with van der Waals surface area (Å²) in [6.45, 7) is 7.10. The quantitative estimate of drug-likeness (QED) is 0.788. The van der Waals surface area contributed by atoms with E-state index >= 15 is 0 Å². The number of likely N-dealkylation sites (tertiary alicyclic amines) is 1. The van der Waals surface area contributed by atoms with Crippen LogP contribution in [0.15, 0.2) is 24.3 Å². The van der Waals surface area contributed by atoms with Gasteiger partial charge in [-0.15, -0.1) is 0 Å². The summed E-state index contributed by atoms with van der Waals surface area (Å²) in [5.41, 5.74) is 0.670. The normalized spacial score (nSPS) is 20.0. The van der Waals surface area contributed by atoms with Crippen molar-refractivity contribution < 1.29 is 13.9 Å². The molecule has 3 rings (SSSR count). The zero-order valence-electron chi connectivity index (χ0n) is 16.2. The summed E-state index contributed by atoms with van der Waals surface area (Å²) in [7, 11) is 1.70. The van der Waals surface area contributed by atoms with E-state index in [0.717, 1.165) is 45.6 Å². The van der Waals surface area contributed by atoms with Crippen molar-refractivity contribution >= 4 is 6.03 Å².